The van der Waals surface area contributed by atoms with Crippen molar-refractivity contribution >= 4 is 10.2 Å². The van der Waals surface area contributed by atoms with Gasteiger partial charge < -0.3 is 4.42 Å². The van der Waals surface area contributed by atoms with Crippen LogP contribution in [0.2, 0.25) is 0 Å². The second-order valence-electron chi connectivity index (χ2n) is 6.45. The number of hydrogen-bond acceptors (Lipinski definition) is 3. The maximum atomic E-state index is 13.1. The molecule has 5 nitrogen and oxygen atoms in total. The van der Waals surface area contributed by atoms with Crippen LogP contribution in [0.5, 0.6) is 0 Å². The third kappa shape index (κ3) is 2.33. The van der Waals surface area contributed by atoms with E-state index in [2.05, 4.69) is 0 Å². The van der Waals surface area contributed by atoms with Crippen LogP contribution in [0, 0.1) is 5.92 Å². The molecule has 0 amide bonds. The molecule has 0 unspecified atom stereocenters. The molecule has 21 heavy (non-hydrogen) atoms. The topological polar surface area (TPSA) is 53.8 Å². The molecule has 0 bridgehead atoms. The van der Waals surface area contributed by atoms with Crippen molar-refractivity contribution in [2.75, 3.05) is 13.1 Å². The van der Waals surface area contributed by atoms with Crippen molar-refractivity contribution in [2.45, 2.75) is 50.6 Å². The van der Waals surface area contributed by atoms with Crippen molar-refractivity contribution in [2.24, 2.45) is 5.92 Å². The molecule has 6 heteroatoms. The van der Waals surface area contributed by atoms with Crippen LogP contribution in [0.4, 0.5) is 0 Å². The third-order valence-electron chi connectivity index (χ3n) is 5.08. The van der Waals surface area contributed by atoms with Crippen molar-refractivity contribution < 1.29 is 12.8 Å². The van der Waals surface area contributed by atoms with Gasteiger partial charge >= 0.3 is 0 Å². The van der Waals surface area contributed by atoms with Crippen molar-refractivity contribution in [1.29, 1.82) is 0 Å². The Labute approximate surface area is 126 Å². The van der Waals surface area contributed by atoms with E-state index >= 15 is 0 Å². The summed E-state index contributed by atoms with van der Waals surface area (Å²) < 4.78 is 35.1. The number of rotatable bonds is 4. The van der Waals surface area contributed by atoms with Gasteiger partial charge in [0.25, 0.3) is 10.2 Å². The zero-order valence-corrected chi connectivity index (χ0v) is 13.0. The highest BCUT2D eigenvalue weighted by molar-refractivity contribution is 7.86. The highest BCUT2D eigenvalue weighted by Crippen LogP contribution is 2.43. The summed E-state index contributed by atoms with van der Waals surface area (Å²) in [6.45, 7) is 1.30. The van der Waals surface area contributed by atoms with Gasteiger partial charge in [-0.25, -0.2) is 0 Å². The lowest BCUT2D eigenvalue weighted by Crippen LogP contribution is -2.46. The quantitative estimate of drug-likeness (QED) is 0.859. The predicted octanol–water partition coefficient (Wildman–Crippen LogP) is 2.54. The molecule has 2 saturated heterocycles. The van der Waals surface area contributed by atoms with E-state index in [9.17, 15) is 8.42 Å². The average molecular weight is 310 g/mol. The molecule has 3 heterocycles. The summed E-state index contributed by atoms with van der Waals surface area (Å²) in [5, 5.41) is 0. The van der Waals surface area contributed by atoms with E-state index in [4.69, 9.17) is 4.42 Å². The van der Waals surface area contributed by atoms with Crippen LogP contribution in [0.15, 0.2) is 22.8 Å². The SMILES string of the molecule is O=S(=O)(N1CCC[C@H]1c1ccco1)N1CCC[C@H]1C1CC1. The Morgan fingerprint density at radius 3 is 2.52 bits per heavy atom. The van der Waals surface area contributed by atoms with Gasteiger partial charge in [0, 0.05) is 19.1 Å². The molecule has 1 aromatic heterocycles. The maximum absolute atomic E-state index is 13.1. The third-order valence-corrected chi connectivity index (χ3v) is 7.16. The van der Waals surface area contributed by atoms with Gasteiger partial charge in [0.15, 0.2) is 0 Å². The fraction of sp³-hybridized carbons (Fsp3) is 0.733. The Hall–Kier alpha value is -0.850. The van der Waals surface area contributed by atoms with E-state index in [0.29, 0.717) is 19.0 Å². The standard InChI is InChI=1S/C15H22N2O3S/c18-21(19,16-9-1-4-13(16)12-7-8-12)17-10-2-5-14(17)15-6-3-11-20-15/h3,6,11-14H,1-2,4-5,7-10H2/t13-,14-/m0/s1. The first-order valence-corrected chi connectivity index (χ1v) is 9.39. The Morgan fingerprint density at radius 2 is 1.81 bits per heavy atom. The average Bonchev–Trinajstić information content (AvgIpc) is 2.98. The smallest absolute Gasteiger partial charge is 0.282 e. The van der Waals surface area contributed by atoms with Gasteiger partial charge in [-0.05, 0) is 56.6 Å². The Morgan fingerprint density at radius 1 is 1.05 bits per heavy atom. The van der Waals surface area contributed by atoms with Crippen LogP contribution in [-0.4, -0.2) is 36.2 Å². The van der Waals surface area contributed by atoms with Crippen LogP contribution in [0.25, 0.3) is 0 Å². The highest BCUT2D eigenvalue weighted by Gasteiger charge is 2.47. The summed E-state index contributed by atoms with van der Waals surface area (Å²) in [7, 11) is -3.36. The van der Waals surface area contributed by atoms with E-state index in [1.54, 1.807) is 14.9 Å². The van der Waals surface area contributed by atoms with Crippen molar-refractivity contribution in [1.82, 2.24) is 8.61 Å². The molecule has 3 aliphatic rings. The Kier molecular flexibility index (Phi) is 3.35. The summed E-state index contributed by atoms with van der Waals surface area (Å²) in [6.07, 6.45) is 7.81. The molecule has 116 valence electrons. The van der Waals surface area contributed by atoms with Gasteiger partial charge in [0.05, 0.1) is 12.3 Å². The molecule has 0 radical (unpaired) electrons. The Balaban J connectivity index is 1.61. The second kappa shape index (κ2) is 5.11. The molecule has 0 N–H and O–H groups in total. The lowest BCUT2D eigenvalue weighted by molar-refractivity contribution is 0.284. The second-order valence-corrected chi connectivity index (χ2v) is 8.28. The van der Waals surface area contributed by atoms with Crippen LogP contribution < -0.4 is 0 Å². The fourth-order valence-corrected chi connectivity index (χ4v) is 6.06. The highest BCUT2D eigenvalue weighted by atomic mass is 32.2. The van der Waals surface area contributed by atoms with Gasteiger partial charge in [-0.15, -0.1) is 0 Å². The molecular formula is C15H22N2O3S. The minimum atomic E-state index is -3.36. The van der Waals surface area contributed by atoms with E-state index in [1.165, 1.54) is 12.8 Å². The first kappa shape index (κ1) is 13.8. The van der Waals surface area contributed by atoms with Gasteiger partial charge in [-0.1, -0.05) is 0 Å². The minimum absolute atomic E-state index is 0.120. The lowest BCUT2D eigenvalue weighted by Gasteiger charge is -2.31. The number of hydrogen-bond donors (Lipinski definition) is 0. The normalized spacial score (nSPS) is 32.0. The van der Waals surface area contributed by atoms with Gasteiger partial charge in [-0.2, -0.15) is 17.0 Å². The van der Waals surface area contributed by atoms with Crippen LogP contribution in [-0.2, 0) is 10.2 Å². The molecule has 2 aliphatic heterocycles. The van der Waals surface area contributed by atoms with E-state index < -0.39 is 10.2 Å². The molecule has 2 atom stereocenters. The summed E-state index contributed by atoms with van der Waals surface area (Å²) >= 11 is 0. The lowest BCUT2D eigenvalue weighted by atomic mass is 10.1. The predicted molar refractivity (Wildman–Crippen MR) is 78.8 cm³/mol. The molecule has 1 aliphatic carbocycles. The van der Waals surface area contributed by atoms with Gasteiger partial charge in [0.2, 0.25) is 0 Å². The van der Waals surface area contributed by atoms with Crippen LogP contribution in [0.1, 0.15) is 50.3 Å². The molecular weight excluding hydrogens is 288 g/mol. The zero-order chi connectivity index (χ0) is 14.4. The molecule has 1 saturated carbocycles. The Bertz CT molecular complexity index is 594. The molecule has 0 spiro atoms. The van der Waals surface area contributed by atoms with Crippen molar-refractivity contribution in [3.05, 3.63) is 24.2 Å². The number of nitrogens with zero attached hydrogens (tertiary/aromatic N) is 2. The summed E-state index contributed by atoms with van der Waals surface area (Å²) in [4.78, 5) is 0. The zero-order valence-electron chi connectivity index (χ0n) is 12.1. The summed E-state index contributed by atoms with van der Waals surface area (Å²) in [6, 6.07) is 3.85. The van der Waals surface area contributed by atoms with Crippen LogP contribution >= 0.6 is 0 Å². The molecule has 0 aromatic carbocycles. The summed E-state index contributed by atoms with van der Waals surface area (Å²) in [5.74, 6) is 1.38. The van der Waals surface area contributed by atoms with E-state index in [1.807, 2.05) is 12.1 Å². The van der Waals surface area contributed by atoms with E-state index in [0.717, 1.165) is 31.4 Å². The monoisotopic (exact) mass is 310 g/mol. The van der Waals surface area contributed by atoms with Crippen molar-refractivity contribution in [3.8, 4) is 0 Å². The number of furan rings is 1. The van der Waals surface area contributed by atoms with E-state index in [-0.39, 0.29) is 12.1 Å². The fourth-order valence-electron chi connectivity index (χ4n) is 3.92. The molecule has 4 rings (SSSR count). The largest absolute Gasteiger partial charge is 0.468 e. The van der Waals surface area contributed by atoms with Gasteiger partial charge in [0.1, 0.15) is 5.76 Å². The minimum Gasteiger partial charge on any atom is -0.468 e. The summed E-state index contributed by atoms with van der Waals surface area (Å²) in [5.41, 5.74) is 0. The first-order valence-electron chi connectivity index (χ1n) is 8.00. The van der Waals surface area contributed by atoms with Gasteiger partial charge in [-0.3, -0.25) is 0 Å². The first-order chi connectivity index (χ1) is 10.2. The van der Waals surface area contributed by atoms with Crippen molar-refractivity contribution in [3.63, 3.8) is 0 Å². The maximum Gasteiger partial charge on any atom is 0.282 e. The molecule has 1 aromatic rings. The van der Waals surface area contributed by atoms with Crippen LogP contribution in [0.3, 0.4) is 0 Å². The molecule has 3 fully saturated rings.